The number of piperazine rings is 1. The van der Waals surface area contributed by atoms with Crippen molar-refractivity contribution in [3.8, 4) is 11.5 Å². The van der Waals surface area contributed by atoms with Gasteiger partial charge in [0.05, 0.1) is 7.11 Å². The molecule has 1 fully saturated rings. The van der Waals surface area contributed by atoms with Gasteiger partial charge in [0.2, 0.25) is 0 Å². The SMILES string of the molecule is C/C=C/c1ccc(OCC(=O)NCCCN2CCNCC2)c(OC)c1. The van der Waals surface area contributed by atoms with Crippen molar-refractivity contribution in [2.24, 2.45) is 0 Å². The first-order valence-electron chi connectivity index (χ1n) is 8.86. The fourth-order valence-electron chi connectivity index (χ4n) is 2.76. The summed E-state index contributed by atoms with van der Waals surface area (Å²) in [5.74, 6) is 1.09. The molecule has 0 saturated carbocycles. The van der Waals surface area contributed by atoms with E-state index in [0.717, 1.165) is 44.7 Å². The van der Waals surface area contributed by atoms with Crippen molar-refractivity contribution in [1.82, 2.24) is 15.5 Å². The molecule has 25 heavy (non-hydrogen) atoms. The van der Waals surface area contributed by atoms with Gasteiger partial charge < -0.3 is 25.0 Å². The van der Waals surface area contributed by atoms with Crippen LogP contribution in [0.15, 0.2) is 24.3 Å². The summed E-state index contributed by atoms with van der Waals surface area (Å²) in [6, 6.07) is 5.65. The van der Waals surface area contributed by atoms with Crippen LogP contribution in [0.5, 0.6) is 11.5 Å². The van der Waals surface area contributed by atoms with E-state index in [4.69, 9.17) is 9.47 Å². The molecule has 6 nitrogen and oxygen atoms in total. The average Bonchev–Trinajstić information content (AvgIpc) is 2.65. The molecule has 6 heteroatoms. The number of allylic oxidation sites excluding steroid dienone is 1. The molecule has 1 aliphatic rings. The van der Waals surface area contributed by atoms with Crippen LogP contribution in [0.25, 0.3) is 6.08 Å². The predicted octanol–water partition coefficient (Wildman–Crippen LogP) is 1.52. The molecule has 0 aliphatic carbocycles. The Morgan fingerprint density at radius 1 is 1.32 bits per heavy atom. The molecule has 0 spiro atoms. The van der Waals surface area contributed by atoms with Crippen molar-refractivity contribution in [1.29, 1.82) is 0 Å². The van der Waals surface area contributed by atoms with Gasteiger partial charge in [-0.25, -0.2) is 0 Å². The first-order valence-corrected chi connectivity index (χ1v) is 8.86. The Hall–Kier alpha value is -2.05. The van der Waals surface area contributed by atoms with Crippen LogP contribution in [0.1, 0.15) is 18.9 Å². The van der Waals surface area contributed by atoms with Crippen LogP contribution in [-0.4, -0.2) is 63.8 Å². The van der Waals surface area contributed by atoms with Crippen molar-refractivity contribution in [3.63, 3.8) is 0 Å². The first kappa shape index (κ1) is 19.3. The van der Waals surface area contributed by atoms with Crippen LogP contribution in [0.2, 0.25) is 0 Å². The zero-order chi connectivity index (χ0) is 17.9. The van der Waals surface area contributed by atoms with Gasteiger partial charge in [-0.15, -0.1) is 0 Å². The van der Waals surface area contributed by atoms with Gasteiger partial charge >= 0.3 is 0 Å². The molecule has 138 valence electrons. The highest BCUT2D eigenvalue weighted by atomic mass is 16.5. The first-order chi connectivity index (χ1) is 12.2. The van der Waals surface area contributed by atoms with Crippen LogP contribution in [0, 0.1) is 0 Å². The standard InChI is InChI=1S/C19H29N3O3/c1-3-5-16-6-7-17(18(14-16)24-2)25-15-19(23)21-8-4-11-22-12-9-20-10-13-22/h3,5-7,14,20H,4,8-13,15H2,1-2H3,(H,21,23)/b5-3+. The highest BCUT2D eigenvalue weighted by Crippen LogP contribution is 2.28. The lowest BCUT2D eigenvalue weighted by Gasteiger charge is -2.27. The quantitative estimate of drug-likeness (QED) is 0.663. The number of carbonyl (C=O) groups excluding carboxylic acids is 1. The van der Waals surface area contributed by atoms with E-state index in [0.29, 0.717) is 18.0 Å². The number of nitrogens with one attached hydrogen (secondary N) is 2. The number of rotatable bonds is 9. The fraction of sp³-hybridized carbons (Fsp3) is 0.526. The van der Waals surface area contributed by atoms with Crippen LogP contribution < -0.4 is 20.1 Å². The van der Waals surface area contributed by atoms with E-state index >= 15 is 0 Å². The second kappa shape index (κ2) is 10.7. The van der Waals surface area contributed by atoms with E-state index in [1.54, 1.807) is 7.11 Å². The maximum absolute atomic E-state index is 11.9. The molecule has 0 radical (unpaired) electrons. The van der Waals surface area contributed by atoms with Gasteiger partial charge in [0.1, 0.15) is 0 Å². The number of methoxy groups -OCH3 is 1. The van der Waals surface area contributed by atoms with E-state index < -0.39 is 0 Å². The van der Waals surface area contributed by atoms with Crippen molar-refractivity contribution >= 4 is 12.0 Å². The van der Waals surface area contributed by atoms with E-state index in [1.807, 2.05) is 37.3 Å². The third kappa shape index (κ3) is 6.76. The maximum atomic E-state index is 11.9. The number of hydrogen-bond donors (Lipinski definition) is 2. The highest BCUT2D eigenvalue weighted by Gasteiger charge is 2.10. The predicted molar refractivity (Wildman–Crippen MR) is 100 cm³/mol. The minimum atomic E-state index is -0.111. The van der Waals surface area contributed by atoms with E-state index in [9.17, 15) is 4.79 Å². The molecule has 0 unspecified atom stereocenters. The van der Waals surface area contributed by atoms with Crippen molar-refractivity contribution in [3.05, 3.63) is 29.8 Å². The Morgan fingerprint density at radius 3 is 2.84 bits per heavy atom. The maximum Gasteiger partial charge on any atom is 0.257 e. The normalized spacial score (nSPS) is 15.3. The van der Waals surface area contributed by atoms with Crippen LogP contribution in [-0.2, 0) is 4.79 Å². The number of benzene rings is 1. The molecule has 1 saturated heterocycles. The number of amides is 1. The van der Waals surface area contributed by atoms with E-state index in [2.05, 4.69) is 15.5 Å². The number of ether oxygens (including phenoxy) is 2. The number of carbonyl (C=O) groups is 1. The van der Waals surface area contributed by atoms with Gasteiger partial charge in [-0.1, -0.05) is 18.2 Å². The number of nitrogens with zero attached hydrogens (tertiary/aromatic N) is 1. The summed E-state index contributed by atoms with van der Waals surface area (Å²) in [6.45, 7) is 7.91. The lowest BCUT2D eigenvalue weighted by atomic mass is 10.2. The molecule has 1 heterocycles. The minimum absolute atomic E-state index is 0.00699. The Bertz CT molecular complexity index is 569. The Kier molecular flexibility index (Phi) is 8.28. The molecule has 0 atom stereocenters. The van der Waals surface area contributed by atoms with E-state index in [-0.39, 0.29) is 12.5 Å². The molecule has 1 aliphatic heterocycles. The third-order valence-corrected chi connectivity index (χ3v) is 4.09. The molecular formula is C19H29N3O3. The summed E-state index contributed by atoms with van der Waals surface area (Å²) >= 11 is 0. The Morgan fingerprint density at radius 2 is 2.12 bits per heavy atom. The fourth-order valence-corrected chi connectivity index (χ4v) is 2.76. The van der Waals surface area contributed by atoms with Crippen LogP contribution >= 0.6 is 0 Å². The van der Waals surface area contributed by atoms with Gasteiger partial charge in [0, 0.05) is 32.7 Å². The van der Waals surface area contributed by atoms with Crippen molar-refractivity contribution < 1.29 is 14.3 Å². The average molecular weight is 347 g/mol. The topological polar surface area (TPSA) is 62.8 Å². The molecule has 1 aromatic rings. The summed E-state index contributed by atoms with van der Waals surface area (Å²) in [4.78, 5) is 14.3. The van der Waals surface area contributed by atoms with Gasteiger partial charge in [-0.2, -0.15) is 0 Å². The zero-order valence-electron chi connectivity index (χ0n) is 15.2. The third-order valence-electron chi connectivity index (χ3n) is 4.09. The smallest absolute Gasteiger partial charge is 0.257 e. The van der Waals surface area contributed by atoms with Gasteiger partial charge in [0.25, 0.3) is 5.91 Å². The molecule has 2 N–H and O–H groups in total. The molecule has 0 aromatic heterocycles. The van der Waals surface area contributed by atoms with Crippen LogP contribution in [0.3, 0.4) is 0 Å². The minimum Gasteiger partial charge on any atom is -0.493 e. The summed E-state index contributed by atoms with van der Waals surface area (Å²) in [7, 11) is 1.60. The monoisotopic (exact) mass is 347 g/mol. The summed E-state index contributed by atoms with van der Waals surface area (Å²) in [5.41, 5.74) is 1.03. The lowest BCUT2D eigenvalue weighted by Crippen LogP contribution is -2.44. The summed E-state index contributed by atoms with van der Waals surface area (Å²) < 4.78 is 10.9. The Balaban J connectivity index is 1.68. The second-order valence-corrected chi connectivity index (χ2v) is 5.99. The molecular weight excluding hydrogens is 318 g/mol. The second-order valence-electron chi connectivity index (χ2n) is 5.99. The largest absolute Gasteiger partial charge is 0.493 e. The molecule has 0 bridgehead atoms. The van der Waals surface area contributed by atoms with Crippen LogP contribution in [0.4, 0.5) is 0 Å². The summed E-state index contributed by atoms with van der Waals surface area (Å²) in [5, 5.41) is 6.24. The lowest BCUT2D eigenvalue weighted by molar-refractivity contribution is -0.123. The summed E-state index contributed by atoms with van der Waals surface area (Å²) in [6.07, 6.45) is 4.90. The number of hydrogen-bond acceptors (Lipinski definition) is 5. The van der Waals surface area contributed by atoms with Crippen molar-refractivity contribution in [2.45, 2.75) is 13.3 Å². The van der Waals surface area contributed by atoms with Gasteiger partial charge in [0.15, 0.2) is 18.1 Å². The van der Waals surface area contributed by atoms with Gasteiger partial charge in [-0.3, -0.25) is 4.79 Å². The zero-order valence-corrected chi connectivity index (χ0v) is 15.2. The molecule has 2 rings (SSSR count). The Labute approximate surface area is 150 Å². The highest BCUT2D eigenvalue weighted by molar-refractivity contribution is 5.77. The molecule has 1 amide bonds. The van der Waals surface area contributed by atoms with Crippen molar-refractivity contribution in [2.75, 3.05) is 53.0 Å². The van der Waals surface area contributed by atoms with E-state index in [1.165, 1.54) is 0 Å². The molecule has 1 aromatic carbocycles. The van der Waals surface area contributed by atoms with Gasteiger partial charge in [-0.05, 0) is 37.6 Å².